The number of nitrogens with zero attached hydrogens (tertiary/aromatic N) is 1. The third kappa shape index (κ3) is 6.08. The second-order valence-corrected chi connectivity index (χ2v) is 12.0. The Balaban J connectivity index is 1.41. The monoisotopic (exact) mass is 554 g/mol. The maximum absolute atomic E-state index is 13.0. The van der Waals surface area contributed by atoms with Crippen LogP contribution in [0.4, 0.5) is 5.00 Å². The van der Waals surface area contributed by atoms with E-state index in [0.717, 1.165) is 16.7 Å². The Morgan fingerprint density at radius 3 is 2.15 bits per heavy atom. The number of hydrogen-bond acceptors (Lipinski definition) is 6. The van der Waals surface area contributed by atoms with E-state index < -0.39 is 9.84 Å². The van der Waals surface area contributed by atoms with Crippen molar-refractivity contribution >= 4 is 32.1 Å². The van der Waals surface area contributed by atoms with Crippen molar-refractivity contribution in [3.63, 3.8) is 0 Å². The van der Waals surface area contributed by atoms with Gasteiger partial charge in [0.25, 0.3) is 5.91 Å². The van der Waals surface area contributed by atoms with Crippen molar-refractivity contribution in [1.82, 2.24) is 4.98 Å². The van der Waals surface area contributed by atoms with Crippen molar-refractivity contribution in [1.29, 1.82) is 0 Å². The van der Waals surface area contributed by atoms with E-state index in [-0.39, 0.29) is 11.7 Å². The lowest BCUT2D eigenvalue weighted by molar-refractivity contribution is 0.102. The number of hydrogen-bond donors (Lipinski definition) is 1. The molecule has 0 spiro atoms. The Labute approximate surface area is 231 Å². The van der Waals surface area contributed by atoms with Gasteiger partial charge in [0.1, 0.15) is 21.5 Å². The highest BCUT2D eigenvalue weighted by molar-refractivity contribution is 7.90. The Hall–Kier alpha value is -4.27. The highest BCUT2D eigenvalue weighted by atomic mass is 32.2. The standard InChI is InChI=1S/C31H26N2O4S2/c1-21-8-18-27(19-9-21)39(35,36)20-22-10-12-25(13-11-22)30-32-28(23-6-4-3-5-7-23)31(38-30)33-29(34)24-14-16-26(37-2)17-15-24/h3-19H,20H2,1-2H3,(H,33,34). The minimum absolute atomic E-state index is 0.0906. The van der Waals surface area contributed by atoms with E-state index in [1.807, 2.05) is 49.4 Å². The molecule has 5 rings (SSSR count). The molecule has 8 heteroatoms. The summed E-state index contributed by atoms with van der Waals surface area (Å²) in [6.45, 7) is 1.92. The van der Waals surface area contributed by atoms with Crippen LogP contribution in [0.2, 0.25) is 0 Å². The van der Waals surface area contributed by atoms with Crippen LogP contribution in [-0.2, 0) is 15.6 Å². The van der Waals surface area contributed by atoms with Gasteiger partial charge in [0.15, 0.2) is 9.84 Å². The van der Waals surface area contributed by atoms with E-state index in [0.29, 0.717) is 37.5 Å². The molecule has 4 aromatic carbocycles. The molecule has 0 bridgehead atoms. The van der Waals surface area contributed by atoms with Gasteiger partial charge in [-0.2, -0.15) is 0 Å². The minimum Gasteiger partial charge on any atom is -0.497 e. The fourth-order valence-electron chi connectivity index (χ4n) is 4.03. The van der Waals surface area contributed by atoms with E-state index in [4.69, 9.17) is 9.72 Å². The van der Waals surface area contributed by atoms with Gasteiger partial charge < -0.3 is 10.1 Å². The number of sulfone groups is 1. The molecule has 1 heterocycles. The number of thiazole rings is 1. The van der Waals surface area contributed by atoms with Crippen LogP contribution in [0.1, 0.15) is 21.5 Å². The highest BCUT2D eigenvalue weighted by Gasteiger charge is 2.19. The minimum atomic E-state index is -3.46. The number of methoxy groups -OCH3 is 1. The first-order valence-corrected chi connectivity index (χ1v) is 14.7. The number of nitrogens with one attached hydrogen (secondary N) is 1. The first-order valence-electron chi connectivity index (χ1n) is 12.2. The van der Waals surface area contributed by atoms with Crippen LogP contribution in [0.5, 0.6) is 5.75 Å². The van der Waals surface area contributed by atoms with E-state index in [1.54, 1.807) is 67.8 Å². The number of aromatic nitrogens is 1. The van der Waals surface area contributed by atoms with E-state index in [1.165, 1.54) is 11.3 Å². The summed E-state index contributed by atoms with van der Waals surface area (Å²) in [6.07, 6.45) is 0. The summed E-state index contributed by atoms with van der Waals surface area (Å²) in [7, 11) is -1.88. The Kier molecular flexibility index (Phi) is 7.58. The van der Waals surface area contributed by atoms with Crippen molar-refractivity contribution in [2.45, 2.75) is 17.6 Å². The molecule has 0 radical (unpaired) electrons. The predicted molar refractivity (Wildman–Crippen MR) is 156 cm³/mol. The van der Waals surface area contributed by atoms with Crippen LogP contribution in [-0.4, -0.2) is 26.4 Å². The second-order valence-electron chi connectivity index (χ2n) is 9.01. The largest absolute Gasteiger partial charge is 0.497 e. The number of carbonyl (C=O) groups is 1. The number of rotatable bonds is 8. The van der Waals surface area contributed by atoms with Gasteiger partial charge in [-0.3, -0.25) is 4.79 Å². The first kappa shape index (κ1) is 26.3. The number of carbonyl (C=O) groups excluding carboxylic acids is 1. The van der Waals surface area contributed by atoms with Crippen LogP contribution < -0.4 is 10.1 Å². The summed E-state index contributed by atoms with van der Waals surface area (Å²) >= 11 is 1.37. The molecule has 6 nitrogen and oxygen atoms in total. The SMILES string of the molecule is COc1ccc(C(=O)Nc2sc(-c3ccc(CS(=O)(=O)c4ccc(C)cc4)cc3)nc2-c2ccccc2)cc1. The smallest absolute Gasteiger partial charge is 0.256 e. The summed E-state index contributed by atoms with van der Waals surface area (Å²) in [5, 5.41) is 4.36. The van der Waals surface area contributed by atoms with Crippen molar-refractivity contribution < 1.29 is 17.9 Å². The molecule has 0 fully saturated rings. The molecular formula is C31H26N2O4S2. The van der Waals surface area contributed by atoms with Crippen LogP contribution in [0.3, 0.4) is 0 Å². The van der Waals surface area contributed by atoms with Crippen LogP contribution in [0.25, 0.3) is 21.8 Å². The van der Waals surface area contributed by atoms with Gasteiger partial charge in [-0.15, -0.1) is 0 Å². The molecule has 39 heavy (non-hydrogen) atoms. The zero-order valence-corrected chi connectivity index (χ0v) is 23.1. The average molecular weight is 555 g/mol. The fraction of sp³-hybridized carbons (Fsp3) is 0.0968. The fourth-order valence-corrected chi connectivity index (χ4v) is 6.37. The molecule has 5 aromatic rings. The number of anilines is 1. The third-order valence-electron chi connectivity index (χ3n) is 6.19. The topological polar surface area (TPSA) is 85.4 Å². The molecule has 0 saturated heterocycles. The Bertz CT molecular complexity index is 1690. The molecule has 0 saturated carbocycles. The third-order valence-corrected chi connectivity index (χ3v) is 8.91. The average Bonchev–Trinajstić information content (AvgIpc) is 3.37. The van der Waals surface area contributed by atoms with Gasteiger partial charge in [0, 0.05) is 16.7 Å². The van der Waals surface area contributed by atoms with Crippen molar-refractivity contribution in [2.75, 3.05) is 12.4 Å². The Morgan fingerprint density at radius 1 is 0.846 bits per heavy atom. The van der Waals surface area contributed by atoms with Crippen molar-refractivity contribution in [2.24, 2.45) is 0 Å². The molecular weight excluding hydrogens is 528 g/mol. The number of aryl methyl sites for hydroxylation is 1. The predicted octanol–water partition coefficient (Wildman–Crippen LogP) is 7.02. The number of benzene rings is 4. The van der Waals surface area contributed by atoms with Gasteiger partial charge in [-0.05, 0) is 48.9 Å². The summed E-state index contributed by atoms with van der Waals surface area (Å²) in [5.74, 6) is 0.334. The van der Waals surface area contributed by atoms with Gasteiger partial charge in [-0.1, -0.05) is 83.6 Å². The lowest BCUT2D eigenvalue weighted by atomic mass is 10.1. The summed E-state index contributed by atoms with van der Waals surface area (Å²) in [4.78, 5) is 18.2. The Morgan fingerprint density at radius 2 is 1.51 bits per heavy atom. The molecule has 0 atom stereocenters. The quantitative estimate of drug-likeness (QED) is 0.223. The van der Waals surface area contributed by atoms with Gasteiger partial charge in [0.2, 0.25) is 0 Å². The van der Waals surface area contributed by atoms with E-state index in [9.17, 15) is 13.2 Å². The molecule has 0 aliphatic heterocycles. The van der Waals surface area contributed by atoms with E-state index >= 15 is 0 Å². The normalized spacial score (nSPS) is 11.2. The highest BCUT2D eigenvalue weighted by Crippen LogP contribution is 2.38. The van der Waals surface area contributed by atoms with Gasteiger partial charge in [-0.25, -0.2) is 13.4 Å². The molecule has 0 aliphatic rings. The van der Waals surface area contributed by atoms with Crippen LogP contribution >= 0.6 is 11.3 Å². The zero-order valence-electron chi connectivity index (χ0n) is 21.4. The molecule has 0 aliphatic carbocycles. The second kappa shape index (κ2) is 11.2. The molecule has 196 valence electrons. The first-order chi connectivity index (χ1) is 18.8. The van der Waals surface area contributed by atoms with Crippen LogP contribution in [0.15, 0.2) is 108 Å². The van der Waals surface area contributed by atoms with Crippen molar-refractivity contribution in [3.8, 4) is 27.6 Å². The molecule has 1 aromatic heterocycles. The summed E-state index contributed by atoms with van der Waals surface area (Å²) < 4.78 is 30.9. The molecule has 1 amide bonds. The lowest BCUT2D eigenvalue weighted by Gasteiger charge is -2.06. The maximum Gasteiger partial charge on any atom is 0.256 e. The van der Waals surface area contributed by atoms with Crippen LogP contribution in [0, 0.1) is 6.92 Å². The van der Waals surface area contributed by atoms with E-state index in [2.05, 4.69) is 5.32 Å². The number of amides is 1. The molecule has 0 unspecified atom stereocenters. The molecule has 1 N–H and O–H groups in total. The summed E-state index contributed by atoms with van der Waals surface area (Å²) in [6, 6.07) is 30.8. The summed E-state index contributed by atoms with van der Waals surface area (Å²) in [5.41, 5.74) is 4.58. The van der Waals surface area contributed by atoms with Crippen molar-refractivity contribution in [3.05, 3.63) is 120 Å². The van der Waals surface area contributed by atoms with Gasteiger partial charge >= 0.3 is 0 Å². The lowest BCUT2D eigenvalue weighted by Crippen LogP contribution is -2.11. The zero-order chi connectivity index (χ0) is 27.4. The van der Waals surface area contributed by atoms with Gasteiger partial charge in [0.05, 0.1) is 17.8 Å². The maximum atomic E-state index is 13.0. The number of ether oxygens (including phenoxy) is 1.